The van der Waals surface area contributed by atoms with Crippen LogP contribution in [-0.4, -0.2) is 19.1 Å². The van der Waals surface area contributed by atoms with E-state index in [9.17, 15) is 4.79 Å². The number of halogens is 1. The van der Waals surface area contributed by atoms with Crippen LogP contribution in [0.1, 0.15) is 40.5 Å². The van der Waals surface area contributed by atoms with E-state index in [1.54, 1.807) is 0 Å². The summed E-state index contributed by atoms with van der Waals surface area (Å²) in [6.45, 7) is 9.42. The van der Waals surface area contributed by atoms with Gasteiger partial charge in [0.05, 0.1) is 6.61 Å². The minimum absolute atomic E-state index is 0. The number of ether oxygens (including phenoxy) is 1. The van der Waals surface area contributed by atoms with Crippen molar-refractivity contribution < 1.29 is 9.53 Å². The van der Waals surface area contributed by atoms with Gasteiger partial charge in [0.25, 0.3) is 0 Å². The number of rotatable bonds is 7. The zero-order valence-electron chi connectivity index (χ0n) is 10.9. The van der Waals surface area contributed by atoms with E-state index in [-0.39, 0.29) is 24.3 Å². The zero-order valence-corrected chi connectivity index (χ0v) is 11.7. The lowest BCUT2D eigenvalue weighted by Gasteiger charge is -2.16. The minimum atomic E-state index is -0.111. The van der Waals surface area contributed by atoms with Crippen molar-refractivity contribution in [2.45, 2.75) is 40.5 Å². The Kier molecular flexibility index (Phi) is 11.2. The molecule has 0 rings (SSSR count). The van der Waals surface area contributed by atoms with Gasteiger partial charge in [-0.05, 0) is 30.7 Å². The Morgan fingerprint density at radius 1 is 1.19 bits per heavy atom. The Morgan fingerprint density at radius 2 is 1.75 bits per heavy atom. The normalized spacial score (nSPS) is 12.4. The monoisotopic (exact) mass is 251 g/mol. The van der Waals surface area contributed by atoms with Crippen molar-refractivity contribution in [2.24, 2.45) is 23.5 Å². The van der Waals surface area contributed by atoms with Crippen LogP contribution < -0.4 is 5.73 Å². The lowest BCUT2D eigenvalue weighted by atomic mass is 9.94. The molecule has 0 fully saturated rings. The van der Waals surface area contributed by atoms with E-state index in [1.807, 2.05) is 13.8 Å². The fourth-order valence-corrected chi connectivity index (χ4v) is 1.48. The molecule has 0 saturated heterocycles. The molecule has 4 heteroatoms. The van der Waals surface area contributed by atoms with Crippen molar-refractivity contribution in [1.29, 1.82) is 0 Å². The maximum Gasteiger partial charge on any atom is 0.306 e. The van der Waals surface area contributed by atoms with E-state index in [2.05, 4.69) is 13.8 Å². The van der Waals surface area contributed by atoms with Crippen molar-refractivity contribution in [2.75, 3.05) is 13.2 Å². The number of carbonyl (C=O) groups is 1. The number of hydrogen-bond acceptors (Lipinski definition) is 3. The van der Waals surface area contributed by atoms with E-state index in [4.69, 9.17) is 10.5 Å². The molecule has 3 nitrogen and oxygen atoms in total. The Balaban J connectivity index is 0. The molecule has 2 N–H and O–H groups in total. The van der Waals surface area contributed by atoms with Crippen LogP contribution in [0.5, 0.6) is 0 Å². The van der Waals surface area contributed by atoms with Crippen molar-refractivity contribution in [3.63, 3.8) is 0 Å². The van der Waals surface area contributed by atoms with Crippen LogP contribution in [0.3, 0.4) is 0 Å². The van der Waals surface area contributed by atoms with E-state index < -0.39 is 0 Å². The lowest BCUT2D eigenvalue weighted by molar-refractivity contribution is -0.145. The van der Waals surface area contributed by atoms with E-state index in [0.29, 0.717) is 31.4 Å². The van der Waals surface area contributed by atoms with Gasteiger partial charge >= 0.3 is 5.97 Å². The molecule has 0 amide bonds. The quantitative estimate of drug-likeness (QED) is 0.708. The van der Waals surface area contributed by atoms with Crippen LogP contribution in [0.15, 0.2) is 0 Å². The molecule has 0 aliphatic heterocycles. The molecule has 1 atom stereocenters. The van der Waals surface area contributed by atoms with Gasteiger partial charge in [-0.15, -0.1) is 12.4 Å². The first-order valence-electron chi connectivity index (χ1n) is 5.81. The summed E-state index contributed by atoms with van der Waals surface area (Å²) in [5.74, 6) is 1.14. The number of carbonyl (C=O) groups excluding carboxylic acids is 1. The third-order valence-electron chi connectivity index (χ3n) is 2.17. The van der Waals surface area contributed by atoms with Gasteiger partial charge in [0, 0.05) is 6.42 Å². The zero-order chi connectivity index (χ0) is 11.8. The molecule has 0 spiro atoms. The molecule has 0 aromatic rings. The molecular formula is C12H26ClNO2. The molecule has 0 unspecified atom stereocenters. The second-order valence-corrected chi connectivity index (χ2v) is 5.01. The smallest absolute Gasteiger partial charge is 0.306 e. The third kappa shape index (κ3) is 10.2. The van der Waals surface area contributed by atoms with Crippen LogP contribution in [-0.2, 0) is 9.53 Å². The van der Waals surface area contributed by atoms with Gasteiger partial charge in [0.1, 0.15) is 0 Å². The van der Waals surface area contributed by atoms with Gasteiger partial charge in [0.2, 0.25) is 0 Å². The predicted molar refractivity (Wildman–Crippen MR) is 69.7 cm³/mol. The Labute approximate surface area is 106 Å². The molecule has 0 bridgehead atoms. The van der Waals surface area contributed by atoms with Gasteiger partial charge in [0.15, 0.2) is 0 Å². The first kappa shape index (κ1) is 18.1. The largest absolute Gasteiger partial charge is 0.465 e. The molecular weight excluding hydrogens is 226 g/mol. The van der Waals surface area contributed by atoms with Crippen molar-refractivity contribution in [3.05, 3.63) is 0 Å². The standard InChI is InChI=1S/C12H25NO2.ClH/c1-9(2)5-11(7-13)6-12(14)15-8-10(3)4;/h9-11H,5-8,13H2,1-4H3;1H/t11-;/m0./s1. The molecule has 98 valence electrons. The minimum Gasteiger partial charge on any atom is -0.465 e. The van der Waals surface area contributed by atoms with Crippen molar-refractivity contribution in [3.8, 4) is 0 Å². The maximum atomic E-state index is 11.4. The second kappa shape index (κ2) is 9.91. The summed E-state index contributed by atoms with van der Waals surface area (Å²) in [6, 6.07) is 0. The molecule has 0 radical (unpaired) electrons. The van der Waals surface area contributed by atoms with Crippen molar-refractivity contribution >= 4 is 18.4 Å². The molecule has 16 heavy (non-hydrogen) atoms. The molecule has 0 heterocycles. The van der Waals surface area contributed by atoms with Gasteiger partial charge in [-0.25, -0.2) is 0 Å². The predicted octanol–water partition coefficient (Wildman–Crippen LogP) is 2.62. The van der Waals surface area contributed by atoms with Gasteiger partial charge < -0.3 is 10.5 Å². The molecule has 0 aliphatic rings. The molecule has 0 aromatic heterocycles. The molecule has 0 aromatic carbocycles. The van der Waals surface area contributed by atoms with Crippen LogP contribution in [0.25, 0.3) is 0 Å². The van der Waals surface area contributed by atoms with Gasteiger partial charge in [-0.1, -0.05) is 27.7 Å². The summed E-state index contributed by atoms with van der Waals surface area (Å²) in [4.78, 5) is 11.4. The van der Waals surface area contributed by atoms with Gasteiger partial charge in [-0.2, -0.15) is 0 Å². The fourth-order valence-electron chi connectivity index (χ4n) is 1.48. The fraction of sp³-hybridized carbons (Fsp3) is 0.917. The Morgan fingerprint density at radius 3 is 2.12 bits per heavy atom. The Hall–Kier alpha value is -0.280. The third-order valence-corrected chi connectivity index (χ3v) is 2.17. The Bertz CT molecular complexity index is 184. The summed E-state index contributed by atoms with van der Waals surface area (Å²) in [5.41, 5.74) is 5.62. The van der Waals surface area contributed by atoms with E-state index >= 15 is 0 Å². The van der Waals surface area contributed by atoms with Crippen LogP contribution in [0.4, 0.5) is 0 Å². The highest BCUT2D eigenvalue weighted by molar-refractivity contribution is 5.85. The highest BCUT2D eigenvalue weighted by Gasteiger charge is 2.15. The average Bonchev–Trinajstić information content (AvgIpc) is 2.13. The maximum absolute atomic E-state index is 11.4. The summed E-state index contributed by atoms with van der Waals surface area (Å²) >= 11 is 0. The number of esters is 1. The first-order valence-corrected chi connectivity index (χ1v) is 5.81. The van der Waals surface area contributed by atoms with Crippen LogP contribution >= 0.6 is 12.4 Å². The summed E-state index contributed by atoms with van der Waals surface area (Å²) in [5, 5.41) is 0. The first-order chi connectivity index (χ1) is 6.95. The topological polar surface area (TPSA) is 52.3 Å². The molecule has 0 saturated carbocycles. The summed E-state index contributed by atoms with van der Waals surface area (Å²) < 4.78 is 5.12. The van der Waals surface area contributed by atoms with E-state index in [1.165, 1.54) is 0 Å². The number of nitrogens with two attached hydrogens (primary N) is 1. The average molecular weight is 252 g/mol. The number of hydrogen-bond donors (Lipinski definition) is 1. The highest BCUT2D eigenvalue weighted by Crippen LogP contribution is 2.14. The van der Waals surface area contributed by atoms with E-state index in [0.717, 1.165) is 6.42 Å². The lowest BCUT2D eigenvalue weighted by Crippen LogP contribution is -2.22. The van der Waals surface area contributed by atoms with Crippen LogP contribution in [0.2, 0.25) is 0 Å². The second-order valence-electron chi connectivity index (χ2n) is 5.01. The molecule has 0 aliphatic carbocycles. The van der Waals surface area contributed by atoms with Crippen LogP contribution in [0, 0.1) is 17.8 Å². The van der Waals surface area contributed by atoms with Crippen molar-refractivity contribution in [1.82, 2.24) is 0 Å². The SMILES string of the molecule is CC(C)COC(=O)C[C@@H](CN)CC(C)C.Cl. The van der Waals surface area contributed by atoms with Gasteiger partial charge in [-0.3, -0.25) is 4.79 Å². The highest BCUT2D eigenvalue weighted by atomic mass is 35.5. The summed E-state index contributed by atoms with van der Waals surface area (Å²) in [7, 11) is 0. The summed E-state index contributed by atoms with van der Waals surface area (Å²) in [6.07, 6.45) is 1.45.